The van der Waals surface area contributed by atoms with Crippen LogP contribution >= 0.6 is 0 Å². The quantitative estimate of drug-likeness (QED) is 0.626. The van der Waals surface area contributed by atoms with Gasteiger partial charge in [0.15, 0.2) is 0 Å². The van der Waals surface area contributed by atoms with E-state index in [0.29, 0.717) is 17.2 Å². The molecule has 1 aromatic carbocycles. The summed E-state index contributed by atoms with van der Waals surface area (Å²) in [5, 5.41) is 2.58. The summed E-state index contributed by atoms with van der Waals surface area (Å²) in [6, 6.07) is 4.99. The summed E-state index contributed by atoms with van der Waals surface area (Å²) in [7, 11) is 3.01. The molecule has 0 heterocycles. The maximum atomic E-state index is 11.7. The van der Waals surface area contributed by atoms with Crippen molar-refractivity contribution in [2.75, 3.05) is 26.1 Å². The summed E-state index contributed by atoms with van der Waals surface area (Å²) in [5.74, 6) is 0.0251. The molecule has 0 saturated carbocycles. The molecule has 0 spiro atoms. The van der Waals surface area contributed by atoms with Gasteiger partial charge in [-0.25, -0.2) is 0 Å². The molecule has 0 aliphatic carbocycles. The van der Waals surface area contributed by atoms with Crippen LogP contribution < -0.4 is 14.8 Å². The Kier molecular flexibility index (Phi) is 5.66. The maximum Gasteiger partial charge on any atom is 0.315 e. The van der Waals surface area contributed by atoms with Gasteiger partial charge in [0.05, 0.1) is 26.5 Å². The van der Waals surface area contributed by atoms with Crippen LogP contribution in [0.3, 0.4) is 0 Å². The SMILES string of the molecule is CCOC(=O)CC(=O)Nc1cc(OC)ccc1OC. The highest BCUT2D eigenvalue weighted by molar-refractivity contribution is 6.02. The van der Waals surface area contributed by atoms with E-state index in [0.717, 1.165) is 0 Å². The summed E-state index contributed by atoms with van der Waals surface area (Å²) in [6.45, 7) is 1.93. The zero-order chi connectivity index (χ0) is 14.3. The van der Waals surface area contributed by atoms with Gasteiger partial charge in [-0.05, 0) is 19.1 Å². The fourth-order valence-electron chi connectivity index (χ4n) is 1.45. The minimum atomic E-state index is -0.568. The molecular weight excluding hydrogens is 250 g/mol. The largest absolute Gasteiger partial charge is 0.497 e. The molecule has 6 nitrogen and oxygen atoms in total. The third kappa shape index (κ3) is 4.50. The molecule has 1 rings (SSSR count). The number of hydrogen-bond donors (Lipinski definition) is 1. The van der Waals surface area contributed by atoms with Gasteiger partial charge in [-0.15, -0.1) is 0 Å². The number of carbonyl (C=O) groups is 2. The Hall–Kier alpha value is -2.24. The van der Waals surface area contributed by atoms with Crippen molar-refractivity contribution in [3.8, 4) is 11.5 Å². The lowest BCUT2D eigenvalue weighted by molar-refractivity contribution is -0.145. The van der Waals surface area contributed by atoms with Crippen molar-refractivity contribution in [3.05, 3.63) is 18.2 Å². The average Bonchev–Trinajstić information content (AvgIpc) is 2.38. The second-order valence-corrected chi connectivity index (χ2v) is 3.60. The first-order valence-electron chi connectivity index (χ1n) is 5.78. The molecule has 0 radical (unpaired) electrons. The van der Waals surface area contributed by atoms with E-state index in [-0.39, 0.29) is 13.0 Å². The van der Waals surface area contributed by atoms with Gasteiger partial charge in [0.25, 0.3) is 0 Å². The lowest BCUT2D eigenvalue weighted by Crippen LogP contribution is -2.18. The predicted molar refractivity (Wildman–Crippen MR) is 69.4 cm³/mol. The van der Waals surface area contributed by atoms with E-state index in [9.17, 15) is 9.59 Å². The molecule has 6 heteroatoms. The number of rotatable bonds is 6. The molecule has 1 aromatic rings. The third-order valence-corrected chi connectivity index (χ3v) is 2.29. The summed E-state index contributed by atoms with van der Waals surface area (Å²) in [6.07, 6.45) is -0.339. The van der Waals surface area contributed by atoms with Gasteiger partial charge in [0.1, 0.15) is 17.9 Å². The standard InChI is InChI=1S/C13H17NO5/c1-4-19-13(16)8-12(15)14-10-7-9(17-2)5-6-11(10)18-3/h5-7H,4,8H2,1-3H3,(H,14,15). The van der Waals surface area contributed by atoms with Gasteiger partial charge in [0, 0.05) is 6.07 Å². The minimum absolute atomic E-state index is 0.245. The highest BCUT2D eigenvalue weighted by atomic mass is 16.5. The number of benzene rings is 1. The van der Waals surface area contributed by atoms with E-state index in [1.165, 1.54) is 14.2 Å². The Morgan fingerprint density at radius 3 is 2.53 bits per heavy atom. The molecule has 0 aliphatic rings. The zero-order valence-corrected chi connectivity index (χ0v) is 11.2. The molecule has 19 heavy (non-hydrogen) atoms. The van der Waals surface area contributed by atoms with Gasteiger partial charge in [0.2, 0.25) is 5.91 Å². The lowest BCUT2D eigenvalue weighted by atomic mass is 10.2. The molecule has 104 valence electrons. The Morgan fingerprint density at radius 2 is 1.95 bits per heavy atom. The van der Waals surface area contributed by atoms with Crippen LogP contribution in [0.5, 0.6) is 11.5 Å². The first-order chi connectivity index (χ1) is 9.10. The first kappa shape index (κ1) is 14.8. The molecule has 1 amide bonds. The van der Waals surface area contributed by atoms with Gasteiger partial charge in [-0.2, -0.15) is 0 Å². The normalized spacial score (nSPS) is 9.63. The number of esters is 1. The molecule has 1 N–H and O–H groups in total. The fourth-order valence-corrected chi connectivity index (χ4v) is 1.45. The van der Waals surface area contributed by atoms with E-state index in [2.05, 4.69) is 5.32 Å². The molecule has 0 unspecified atom stereocenters. The Labute approximate surface area is 111 Å². The van der Waals surface area contributed by atoms with Crippen molar-refractivity contribution >= 4 is 17.6 Å². The smallest absolute Gasteiger partial charge is 0.315 e. The van der Waals surface area contributed by atoms with Crippen molar-refractivity contribution in [1.82, 2.24) is 0 Å². The summed E-state index contributed by atoms with van der Waals surface area (Å²) in [5.41, 5.74) is 0.441. The van der Waals surface area contributed by atoms with E-state index in [1.807, 2.05) is 0 Å². The molecule has 0 bridgehead atoms. The van der Waals surface area contributed by atoms with Crippen LogP contribution in [-0.4, -0.2) is 32.7 Å². The highest BCUT2D eigenvalue weighted by Crippen LogP contribution is 2.28. The van der Waals surface area contributed by atoms with Crippen LogP contribution in [0.2, 0.25) is 0 Å². The van der Waals surface area contributed by atoms with E-state index in [1.54, 1.807) is 25.1 Å². The van der Waals surface area contributed by atoms with Crippen LogP contribution in [0.4, 0.5) is 5.69 Å². The van der Waals surface area contributed by atoms with Crippen molar-refractivity contribution in [2.24, 2.45) is 0 Å². The minimum Gasteiger partial charge on any atom is -0.497 e. The number of hydrogen-bond acceptors (Lipinski definition) is 5. The fraction of sp³-hybridized carbons (Fsp3) is 0.385. The Bertz CT molecular complexity index is 458. The zero-order valence-electron chi connectivity index (χ0n) is 11.2. The predicted octanol–water partition coefficient (Wildman–Crippen LogP) is 1.60. The lowest BCUT2D eigenvalue weighted by Gasteiger charge is -2.11. The van der Waals surface area contributed by atoms with E-state index >= 15 is 0 Å². The Balaban J connectivity index is 2.74. The van der Waals surface area contributed by atoms with Gasteiger partial charge in [-0.3, -0.25) is 9.59 Å². The average molecular weight is 267 g/mol. The van der Waals surface area contributed by atoms with Gasteiger partial charge >= 0.3 is 5.97 Å². The number of carbonyl (C=O) groups excluding carboxylic acids is 2. The number of nitrogens with one attached hydrogen (secondary N) is 1. The van der Waals surface area contributed by atoms with E-state index < -0.39 is 11.9 Å². The topological polar surface area (TPSA) is 73.9 Å². The molecule has 0 aromatic heterocycles. The van der Waals surface area contributed by atoms with Crippen LogP contribution in [-0.2, 0) is 14.3 Å². The van der Waals surface area contributed by atoms with Crippen molar-refractivity contribution in [3.63, 3.8) is 0 Å². The molecule has 0 saturated heterocycles. The van der Waals surface area contributed by atoms with Crippen molar-refractivity contribution in [2.45, 2.75) is 13.3 Å². The third-order valence-electron chi connectivity index (χ3n) is 2.29. The van der Waals surface area contributed by atoms with Gasteiger partial charge in [-0.1, -0.05) is 0 Å². The molecule has 0 fully saturated rings. The summed E-state index contributed by atoms with van der Waals surface area (Å²) < 4.78 is 14.9. The second-order valence-electron chi connectivity index (χ2n) is 3.60. The number of anilines is 1. The number of amides is 1. The molecule has 0 aliphatic heterocycles. The van der Waals surface area contributed by atoms with Crippen LogP contribution in [0.1, 0.15) is 13.3 Å². The summed E-state index contributed by atoms with van der Waals surface area (Å²) >= 11 is 0. The summed E-state index contributed by atoms with van der Waals surface area (Å²) in [4.78, 5) is 22.8. The monoisotopic (exact) mass is 267 g/mol. The van der Waals surface area contributed by atoms with Crippen LogP contribution in [0.25, 0.3) is 0 Å². The molecule has 0 atom stereocenters. The van der Waals surface area contributed by atoms with Crippen molar-refractivity contribution in [1.29, 1.82) is 0 Å². The first-order valence-corrected chi connectivity index (χ1v) is 5.78. The van der Waals surface area contributed by atoms with Crippen LogP contribution in [0, 0.1) is 0 Å². The second kappa shape index (κ2) is 7.25. The van der Waals surface area contributed by atoms with Crippen LogP contribution in [0.15, 0.2) is 18.2 Å². The van der Waals surface area contributed by atoms with Gasteiger partial charge < -0.3 is 19.5 Å². The van der Waals surface area contributed by atoms with Crippen molar-refractivity contribution < 1.29 is 23.8 Å². The number of ether oxygens (including phenoxy) is 3. The highest BCUT2D eigenvalue weighted by Gasteiger charge is 2.13. The Morgan fingerprint density at radius 1 is 1.21 bits per heavy atom. The molecular formula is C13H17NO5. The number of methoxy groups -OCH3 is 2. The van der Waals surface area contributed by atoms with E-state index in [4.69, 9.17) is 14.2 Å². The maximum absolute atomic E-state index is 11.7.